The van der Waals surface area contributed by atoms with Crippen LogP contribution in [0.1, 0.15) is 43.2 Å². The van der Waals surface area contributed by atoms with Crippen molar-refractivity contribution < 1.29 is 18.1 Å². The van der Waals surface area contributed by atoms with Crippen LogP contribution in [0.5, 0.6) is 0 Å². The summed E-state index contributed by atoms with van der Waals surface area (Å²) < 4.78 is 28.0. The second-order valence-corrected chi connectivity index (χ2v) is 10.6. The molecule has 2 N–H and O–H groups in total. The largest absolute Gasteiger partial charge is 0.354 e. The number of amides is 1. The summed E-state index contributed by atoms with van der Waals surface area (Å²) >= 11 is 0. The molecule has 174 valence electrons. The molecule has 0 radical (unpaired) electrons. The van der Waals surface area contributed by atoms with Crippen molar-refractivity contribution in [3.63, 3.8) is 0 Å². The van der Waals surface area contributed by atoms with Crippen molar-refractivity contribution in [2.24, 2.45) is 0 Å². The average Bonchev–Trinajstić information content (AvgIpc) is 3.06. The van der Waals surface area contributed by atoms with Gasteiger partial charge in [0.05, 0.1) is 30.2 Å². The number of likely N-dealkylation sites (tertiary alicyclic amines) is 1. The van der Waals surface area contributed by atoms with Crippen LogP contribution in [0.25, 0.3) is 0 Å². The van der Waals surface area contributed by atoms with Gasteiger partial charge in [0.1, 0.15) is 6.54 Å². The topological polar surface area (TPSA) is 70.9 Å². The molecule has 1 aliphatic heterocycles. The van der Waals surface area contributed by atoms with Crippen LogP contribution < -0.4 is 14.5 Å². The maximum absolute atomic E-state index is 13.4. The molecular formula is C25H36N3O3S+. The van der Waals surface area contributed by atoms with Gasteiger partial charge in [-0.05, 0) is 74.9 Å². The van der Waals surface area contributed by atoms with Crippen molar-refractivity contribution in [2.75, 3.05) is 37.0 Å². The lowest BCUT2D eigenvalue weighted by atomic mass is 10.1. The van der Waals surface area contributed by atoms with Gasteiger partial charge in [-0.1, -0.05) is 24.3 Å². The van der Waals surface area contributed by atoms with E-state index in [-0.39, 0.29) is 17.3 Å². The number of carbonyl (C=O) groups excluding carboxylic acids is 1. The predicted molar refractivity (Wildman–Crippen MR) is 129 cm³/mol. The Morgan fingerprint density at radius 1 is 0.969 bits per heavy atom. The highest BCUT2D eigenvalue weighted by molar-refractivity contribution is 7.92. The van der Waals surface area contributed by atoms with Crippen molar-refractivity contribution in [3.05, 3.63) is 59.7 Å². The number of hydrogen-bond donors (Lipinski definition) is 2. The molecule has 0 spiro atoms. The van der Waals surface area contributed by atoms with E-state index < -0.39 is 10.0 Å². The lowest BCUT2D eigenvalue weighted by Crippen LogP contribution is -3.11. The second-order valence-electron chi connectivity index (χ2n) is 8.71. The van der Waals surface area contributed by atoms with E-state index in [1.807, 2.05) is 26.0 Å². The minimum absolute atomic E-state index is 0.177. The zero-order valence-electron chi connectivity index (χ0n) is 19.3. The Morgan fingerprint density at radius 2 is 1.66 bits per heavy atom. The number of hydrogen-bond acceptors (Lipinski definition) is 3. The molecule has 0 saturated carbocycles. The molecule has 0 unspecified atom stereocenters. The standard InChI is InChI=1S/C25H35N3O3S/c1-21-13-14-23(19-22(21)2)28(32(30,31)24-11-6-5-7-12-24)20-25(29)26-15-10-18-27-16-8-3-4-9-17-27/h5-7,11-14,19H,3-4,8-10,15-18,20H2,1-2H3,(H,26,29)/p+1. The maximum atomic E-state index is 13.4. The quantitative estimate of drug-likeness (QED) is 0.567. The van der Waals surface area contributed by atoms with E-state index >= 15 is 0 Å². The van der Waals surface area contributed by atoms with E-state index in [1.165, 1.54) is 43.1 Å². The van der Waals surface area contributed by atoms with Crippen LogP contribution in [-0.4, -0.2) is 47.0 Å². The summed E-state index contributed by atoms with van der Waals surface area (Å²) in [5.74, 6) is -0.284. The first-order valence-electron chi connectivity index (χ1n) is 11.6. The molecule has 1 amide bonds. The molecular weight excluding hydrogens is 422 g/mol. The number of benzene rings is 2. The molecule has 1 heterocycles. The summed E-state index contributed by atoms with van der Waals surface area (Å²) in [5, 5.41) is 2.93. The molecule has 0 aliphatic carbocycles. The fourth-order valence-electron chi connectivity index (χ4n) is 4.15. The second kappa shape index (κ2) is 11.5. The third-order valence-electron chi connectivity index (χ3n) is 6.24. The van der Waals surface area contributed by atoms with Crippen LogP contribution in [-0.2, 0) is 14.8 Å². The van der Waals surface area contributed by atoms with Gasteiger partial charge in [0.15, 0.2) is 0 Å². The minimum atomic E-state index is -3.86. The zero-order chi connectivity index (χ0) is 23.0. The van der Waals surface area contributed by atoms with Gasteiger partial charge in [-0.15, -0.1) is 0 Å². The molecule has 0 aromatic heterocycles. The Labute approximate surface area is 192 Å². The first-order chi connectivity index (χ1) is 15.4. The van der Waals surface area contributed by atoms with Crippen molar-refractivity contribution in [2.45, 2.75) is 50.8 Å². The molecule has 7 heteroatoms. The van der Waals surface area contributed by atoms with Crippen molar-refractivity contribution in [3.8, 4) is 0 Å². The number of anilines is 1. The normalized spacial score (nSPS) is 15.2. The fraction of sp³-hybridized carbons (Fsp3) is 0.480. The number of carbonyl (C=O) groups is 1. The first-order valence-corrected chi connectivity index (χ1v) is 13.1. The van der Waals surface area contributed by atoms with Gasteiger partial charge < -0.3 is 10.2 Å². The Kier molecular flexibility index (Phi) is 8.70. The summed E-state index contributed by atoms with van der Waals surface area (Å²) in [6, 6.07) is 13.8. The van der Waals surface area contributed by atoms with Gasteiger partial charge in [0, 0.05) is 13.0 Å². The number of aryl methyl sites for hydroxylation is 2. The molecule has 2 aromatic rings. The first kappa shape index (κ1) is 24.3. The van der Waals surface area contributed by atoms with Crippen molar-refractivity contribution >= 4 is 21.6 Å². The van der Waals surface area contributed by atoms with Crippen LogP contribution in [0.3, 0.4) is 0 Å². The Hall–Kier alpha value is -2.38. The van der Waals surface area contributed by atoms with Crippen molar-refractivity contribution in [1.29, 1.82) is 0 Å². The van der Waals surface area contributed by atoms with Crippen LogP contribution in [0, 0.1) is 13.8 Å². The summed E-state index contributed by atoms with van der Waals surface area (Å²) in [7, 11) is -3.86. The SMILES string of the molecule is Cc1ccc(N(CC(=O)NCCC[NH+]2CCCCCC2)S(=O)(=O)c2ccccc2)cc1C. The van der Waals surface area contributed by atoms with Crippen LogP contribution in [0.15, 0.2) is 53.4 Å². The molecule has 0 bridgehead atoms. The zero-order valence-corrected chi connectivity index (χ0v) is 20.1. The summed E-state index contributed by atoms with van der Waals surface area (Å²) in [6.45, 7) is 7.72. The van der Waals surface area contributed by atoms with E-state index in [1.54, 1.807) is 41.3 Å². The maximum Gasteiger partial charge on any atom is 0.264 e. The molecule has 6 nitrogen and oxygen atoms in total. The van der Waals surface area contributed by atoms with E-state index in [2.05, 4.69) is 5.32 Å². The van der Waals surface area contributed by atoms with Gasteiger partial charge in [-0.25, -0.2) is 8.42 Å². The highest BCUT2D eigenvalue weighted by Crippen LogP contribution is 2.25. The highest BCUT2D eigenvalue weighted by Gasteiger charge is 2.27. The van der Waals surface area contributed by atoms with E-state index in [9.17, 15) is 13.2 Å². The summed E-state index contributed by atoms with van der Waals surface area (Å²) in [4.78, 5) is 14.5. The number of nitrogens with one attached hydrogen (secondary N) is 2. The monoisotopic (exact) mass is 458 g/mol. The van der Waals surface area contributed by atoms with Gasteiger partial charge in [0.25, 0.3) is 10.0 Å². The fourth-order valence-corrected chi connectivity index (χ4v) is 5.58. The number of quaternary nitrogens is 1. The smallest absolute Gasteiger partial charge is 0.264 e. The molecule has 1 aliphatic rings. The third kappa shape index (κ3) is 6.56. The molecule has 1 fully saturated rings. The van der Waals surface area contributed by atoms with Gasteiger partial charge in [0.2, 0.25) is 5.91 Å². The third-order valence-corrected chi connectivity index (χ3v) is 8.02. The van der Waals surface area contributed by atoms with E-state index in [0.29, 0.717) is 12.2 Å². The summed E-state index contributed by atoms with van der Waals surface area (Å²) in [6.07, 6.45) is 6.11. The van der Waals surface area contributed by atoms with Crippen LogP contribution >= 0.6 is 0 Å². The average molecular weight is 459 g/mol. The number of sulfonamides is 1. The van der Waals surface area contributed by atoms with Gasteiger partial charge in [-0.2, -0.15) is 0 Å². The Balaban J connectivity index is 1.67. The molecule has 0 atom stereocenters. The number of rotatable bonds is 9. The lowest BCUT2D eigenvalue weighted by molar-refractivity contribution is -0.899. The highest BCUT2D eigenvalue weighted by atomic mass is 32.2. The molecule has 32 heavy (non-hydrogen) atoms. The van der Waals surface area contributed by atoms with Crippen molar-refractivity contribution in [1.82, 2.24) is 5.32 Å². The van der Waals surface area contributed by atoms with E-state index in [0.717, 1.165) is 24.1 Å². The Bertz CT molecular complexity index is 985. The predicted octanol–water partition coefficient (Wildman–Crippen LogP) is 2.46. The lowest BCUT2D eigenvalue weighted by Gasteiger charge is -2.25. The van der Waals surface area contributed by atoms with Crippen LogP contribution in [0.4, 0.5) is 5.69 Å². The molecule has 1 saturated heterocycles. The van der Waals surface area contributed by atoms with Crippen LogP contribution in [0.2, 0.25) is 0 Å². The van der Waals surface area contributed by atoms with Gasteiger partial charge in [-0.3, -0.25) is 9.10 Å². The van der Waals surface area contributed by atoms with E-state index in [4.69, 9.17) is 0 Å². The Morgan fingerprint density at radius 3 is 2.31 bits per heavy atom. The number of nitrogens with zero attached hydrogens (tertiary/aromatic N) is 1. The molecule has 2 aromatic carbocycles. The summed E-state index contributed by atoms with van der Waals surface area (Å²) in [5.41, 5.74) is 2.56. The van der Waals surface area contributed by atoms with Gasteiger partial charge >= 0.3 is 0 Å². The molecule has 3 rings (SSSR count). The minimum Gasteiger partial charge on any atom is -0.354 e.